The van der Waals surface area contributed by atoms with Crippen LogP contribution in [0.15, 0.2) is 42.5 Å². The number of hydrogen-bond donors (Lipinski definition) is 4. The highest BCUT2D eigenvalue weighted by molar-refractivity contribution is 7.81. The topological polar surface area (TPSA) is 57.4 Å². The van der Waals surface area contributed by atoms with Crippen molar-refractivity contribution in [3.63, 3.8) is 0 Å². The molecule has 0 amide bonds. The summed E-state index contributed by atoms with van der Waals surface area (Å²) in [6.45, 7) is 1.94. The van der Waals surface area contributed by atoms with Crippen molar-refractivity contribution in [2.45, 2.75) is 6.92 Å². The molecule has 24 heavy (non-hydrogen) atoms. The van der Waals surface area contributed by atoms with Crippen LogP contribution in [-0.2, 0) is 0 Å². The van der Waals surface area contributed by atoms with Gasteiger partial charge in [0.05, 0.1) is 12.8 Å². The van der Waals surface area contributed by atoms with Gasteiger partial charge in [0.2, 0.25) is 0 Å². The minimum Gasteiger partial charge on any atom is -0.495 e. The van der Waals surface area contributed by atoms with E-state index in [0.29, 0.717) is 21.0 Å². The van der Waals surface area contributed by atoms with Crippen LogP contribution in [0, 0.1) is 6.92 Å². The van der Waals surface area contributed by atoms with Gasteiger partial charge in [0.1, 0.15) is 5.75 Å². The summed E-state index contributed by atoms with van der Waals surface area (Å²) in [7, 11) is 1.60. The number of ether oxygens (including phenoxy) is 1. The normalized spacial score (nSPS) is 9.79. The Morgan fingerprint density at radius 3 is 2.33 bits per heavy atom. The highest BCUT2D eigenvalue weighted by Gasteiger charge is 2.04. The summed E-state index contributed by atoms with van der Waals surface area (Å²) in [5.74, 6) is 0.691. The van der Waals surface area contributed by atoms with Crippen molar-refractivity contribution in [1.29, 1.82) is 0 Å². The summed E-state index contributed by atoms with van der Waals surface area (Å²) in [4.78, 5) is 0. The Morgan fingerprint density at radius 1 is 1.00 bits per heavy atom. The molecule has 2 aromatic rings. The first-order valence-electron chi connectivity index (χ1n) is 7.02. The molecule has 0 fully saturated rings. The maximum Gasteiger partial charge on any atom is 0.189 e. The van der Waals surface area contributed by atoms with E-state index in [9.17, 15) is 0 Å². The average molecular weight is 381 g/mol. The van der Waals surface area contributed by atoms with Gasteiger partial charge >= 0.3 is 0 Å². The molecule has 0 saturated carbocycles. The number of para-hydroxylation sites is 2. The minimum absolute atomic E-state index is 0.352. The van der Waals surface area contributed by atoms with Crippen molar-refractivity contribution in [2.24, 2.45) is 0 Å². The lowest BCUT2D eigenvalue weighted by atomic mass is 10.2. The van der Waals surface area contributed by atoms with Crippen LogP contribution < -0.4 is 26.2 Å². The van der Waals surface area contributed by atoms with Gasteiger partial charge < -0.3 is 15.4 Å². The van der Waals surface area contributed by atoms with E-state index in [1.54, 1.807) is 13.2 Å². The molecule has 0 aliphatic carbocycles. The van der Waals surface area contributed by atoms with Crippen LogP contribution in [-0.4, -0.2) is 17.3 Å². The zero-order chi connectivity index (χ0) is 17.5. The van der Waals surface area contributed by atoms with Gasteiger partial charge in [-0.05, 0) is 61.2 Å². The van der Waals surface area contributed by atoms with Gasteiger partial charge in [-0.3, -0.25) is 10.9 Å². The van der Waals surface area contributed by atoms with Crippen molar-refractivity contribution in [3.05, 3.63) is 53.1 Å². The fourth-order valence-electron chi connectivity index (χ4n) is 1.85. The average Bonchev–Trinajstić information content (AvgIpc) is 2.57. The van der Waals surface area contributed by atoms with E-state index >= 15 is 0 Å². The predicted octanol–water partition coefficient (Wildman–Crippen LogP) is 3.85. The third kappa shape index (κ3) is 5.23. The number of aryl methyl sites for hydroxylation is 1. The Hall–Kier alpha value is -2.09. The van der Waals surface area contributed by atoms with Crippen LogP contribution in [0.1, 0.15) is 5.56 Å². The van der Waals surface area contributed by atoms with Crippen molar-refractivity contribution in [1.82, 2.24) is 10.9 Å². The largest absolute Gasteiger partial charge is 0.495 e. The smallest absolute Gasteiger partial charge is 0.189 e. The first-order chi connectivity index (χ1) is 11.5. The Balaban J connectivity index is 1.84. The van der Waals surface area contributed by atoms with Gasteiger partial charge in [-0.25, -0.2) is 0 Å². The molecule has 0 aromatic heterocycles. The van der Waals surface area contributed by atoms with Gasteiger partial charge in [0.15, 0.2) is 10.2 Å². The summed E-state index contributed by atoms with van der Waals surface area (Å²) in [6, 6.07) is 13.1. The molecule has 0 radical (unpaired) electrons. The zero-order valence-electron chi connectivity index (χ0n) is 13.1. The van der Waals surface area contributed by atoms with E-state index in [2.05, 4.69) is 21.5 Å². The van der Waals surface area contributed by atoms with Crippen LogP contribution >= 0.6 is 36.0 Å². The number of hydrogen-bond acceptors (Lipinski definition) is 3. The molecular formula is C16H17ClN4OS2. The summed E-state index contributed by atoms with van der Waals surface area (Å²) < 4.78 is 5.25. The fraction of sp³-hybridized carbons (Fsp3) is 0.125. The molecule has 0 unspecified atom stereocenters. The number of nitrogens with one attached hydrogen (secondary N) is 4. The lowest BCUT2D eigenvalue weighted by Gasteiger charge is -2.15. The molecule has 2 rings (SSSR count). The maximum absolute atomic E-state index is 6.08. The van der Waals surface area contributed by atoms with Gasteiger partial charge in [-0.2, -0.15) is 0 Å². The molecule has 0 heterocycles. The Kier molecular flexibility index (Phi) is 6.60. The second kappa shape index (κ2) is 8.68. The zero-order valence-corrected chi connectivity index (χ0v) is 15.5. The second-order valence-electron chi connectivity index (χ2n) is 4.82. The van der Waals surface area contributed by atoms with E-state index in [-0.39, 0.29) is 0 Å². The van der Waals surface area contributed by atoms with E-state index in [4.69, 9.17) is 40.8 Å². The number of benzene rings is 2. The monoisotopic (exact) mass is 380 g/mol. The SMILES string of the molecule is COc1ccccc1NC(=S)NNC(=S)Nc1ccc(C)c(Cl)c1. The van der Waals surface area contributed by atoms with E-state index < -0.39 is 0 Å². The molecule has 0 saturated heterocycles. The molecule has 0 bridgehead atoms. The molecule has 4 N–H and O–H groups in total. The van der Waals surface area contributed by atoms with Crippen LogP contribution in [0.5, 0.6) is 5.75 Å². The third-order valence-corrected chi connectivity index (χ3v) is 3.89. The summed E-state index contributed by atoms with van der Waals surface area (Å²) in [6.07, 6.45) is 0. The fourth-order valence-corrected chi connectivity index (χ4v) is 2.36. The van der Waals surface area contributed by atoms with Crippen LogP contribution in [0.4, 0.5) is 11.4 Å². The third-order valence-electron chi connectivity index (χ3n) is 3.07. The molecule has 5 nitrogen and oxygen atoms in total. The summed E-state index contributed by atoms with van der Waals surface area (Å²) in [5.41, 5.74) is 8.15. The van der Waals surface area contributed by atoms with Crippen LogP contribution in [0.3, 0.4) is 0 Å². The van der Waals surface area contributed by atoms with E-state index in [0.717, 1.165) is 16.9 Å². The lowest BCUT2D eigenvalue weighted by molar-refractivity contribution is 0.417. The molecule has 0 aliphatic rings. The van der Waals surface area contributed by atoms with Gasteiger partial charge in [-0.15, -0.1) is 0 Å². The second-order valence-corrected chi connectivity index (χ2v) is 6.05. The number of methoxy groups -OCH3 is 1. The van der Waals surface area contributed by atoms with Crippen molar-refractivity contribution >= 4 is 57.6 Å². The standard InChI is InChI=1S/C16H17ClN4OS2/c1-10-7-8-11(9-12(10)17)18-15(23)20-21-16(24)19-13-5-3-4-6-14(13)22-2/h3-9H,1-2H3,(H2,18,20,23)(H2,19,21,24). The van der Waals surface area contributed by atoms with Crippen molar-refractivity contribution in [3.8, 4) is 5.75 Å². The van der Waals surface area contributed by atoms with Crippen LogP contribution in [0.25, 0.3) is 0 Å². The van der Waals surface area contributed by atoms with Crippen LogP contribution in [0.2, 0.25) is 5.02 Å². The van der Waals surface area contributed by atoms with E-state index in [1.165, 1.54) is 0 Å². The van der Waals surface area contributed by atoms with Gasteiger partial charge in [0, 0.05) is 10.7 Å². The molecular weight excluding hydrogens is 364 g/mol. The highest BCUT2D eigenvalue weighted by atomic mass is 35.5. The molecule has 0 atom stereocenters. The molecule has 8 heteroatoms. The molecule has 0 aliphatic heterocycles. The number of halogens is 1. The summed E-state index contributed by atoms with van der Waals surface area (Å²) in [5, 5.41) is 7.42. The number of hydrazine groups is 1. The van der Waals surface area contributed by atoms with E-state index in [1.807, 2.05) is 43.3 Å². The number of rotatable bonds is 3. The van der Waals surface area contributed by atoms with Gasteiger partial charge in [-0.1, -0.05) is 29.8 Å². The summed E-state index contributed by atoms with van der Waals surface area (Å²) >= 11 is 16.5. The first kappa shape index (κ1) is 18.3. The lowest BCUT2D eigenvalue weighted by Crippen LogP contribution is -2.45. The highest BCUT2D eigenvalue weighted by Crippen LogP contribution is 2.22. The minimum atomic E-state index is 0.352. The van der Waals surface area contributed by atoms with Gasteiger partial charge in [0.25, 0.3) is 0 Å². The Labute approximate surface area is 156 Å². The number of thiocarbonyl (C=S) groups is 2. The maximum atomic E-state index is 6.08. The Bertz CT molecular complexity index is 755. The predicted molar refractivity (Wildman–Crippen MR) is 108 cm³/mol. The quantitative estimate of drug-likeness (QED) is 0.476. The molecule has 126 valence electrons. The molecule has 2 aromatic carbocycles. The Morgan fingerprint density at radius 2 is 1.67 bits per heavy atom. The first-order valence-corrected chi connectivity index (χ1v) is 8.22. The van der Waals surface area contributed by atoms with Crippen molar-refractivity contribution in [2.75, 3.05) is 17.7 Å². The number of anilines is 2. The molecule has 0 spiro atoms. The van der Waals surface area contributed by atoms with Crippen molar-refractivity contribution < 1.29 is 4.74 Å².